The number of pyridine rings is 1. The molecule has 1 N–H and O–H groups in total. The third kappa shape index (κ3) is 3.62. The zero-order chi connectivity index (χ0) is 17.1. The van der Waals surface area contributed by atoms with Crippen LogP contribution in [0.3, 0.4) is 0 Å². The SMILES string of the molecule is CC(=O)N[C@H]1CCN(C(=O)c2cccc(-c3ccnc(C)c3)c2)C1. The van der Waals surface area contributed by atoms with Crippen molar-refractivity contribution in [3.63, 3.8) is 0 Å². The number of carbonyl (C=O) groups excluding carboxylic acids is 2. The van der Waals surface area contributed by atoms with E-state index in [4.69, 9.17) is 0 Å². The number of rotatable bonds is 3. The van der Waals surface area contributed by atoms with E-state index in [1.807, 2.05) is 43.3 Å². The van der Waals surface area contributed by atoms with Crippen LogP contribution in [0.15, 0.2) is 42.6 Å². The predicted molar refractivity (Wildman–Crippen MR) is 92.5 cm³/mol. The molecule has 2 heterocycles. The summed E-state index contributed by atoms with van der Waals surface area (Å²) in [6, 6.07) is 11.7. The van der Waals surface area contributed by atoms with Crippen molar-refractivity contribution in [3.8, 4) is 11.1 Å². The van der Waals surface area contributed by atoms with Gasteiger partial charge in [0.25, 0.3) is 5.91 Å². The summed E-state index contributed by atoms with van der Waals surface area (Å²) in [5, 5.41) is 2.88. The van der Waals surface area contributed by atoms with E-state index in [0.717, 1.165) is 23.2 Å². The first-order chi connectivity index (χ1) is 11.5. The molecule has 0 saturated carbocycles. The van der Waals surface area contributed by atoms with Gasteiger partial charge >= 0.3 is 0 Å². The van der Waals surface area contributed by atoms with Crippen molar-refractivity contribution in [1.82, 2.24) is 15.2 Å². The van der Waals surface area contributed by atoms with E-state index in [2.05, 4.69) is 10.3 Å². The number of nitrogens with zero attached hydrogens (tertiary/aromatic N) is 2. The van der Waals surface area contributed by atoms with E-state index >= 15 is 0 Å². The number of hydrogen-bond acceptors (Lipinski definition) is 3. The molecule has 3 rings (SSSR count). The Morgan fingerprint density at radius 3 is 2.75 bits per heavy atom. The predicted octanol–water partition coefficient (Wildman–Crippen LogP) is 2.41. The van der Waals surface area contributed by atoms with Gasteiger partial charge in [-0.15, -0.1) is 0 Å². The second kappa shape index (κ2) is 6.83. The van der Waals surface area contributed by atoms with Gasteiger partial charge < -0.3 is 10.2 Å². The number of benzene rings is 1. The Hall–Kier alpha value is -2.69. The van der Waals surface area contributed by atoms with Gasteiger partial charge in [-0.25, -0.2) is 0 Å². The van der Waals surface area contributed by atoms with Crippen molar-refractivity contribution < 1.29 is 9.59 Å². The number of hydrogen-bond donors (Lipinski definition) is 1. The molecule has 0 spiro atoms. The van der Waals surface area contributed by atoms with Crippen LogP contribution in [-0.2, 0) is 4.79 Å². The molecule has 1 aliphatic rings. The lowest BCUT2D eigenvalue weighted by molar-refractivity contribution is -0.119. The van der Waals surface area contributed by atoms with Crippen LogP contribution in [0.4, 0.5) is 0 Å². The molecule has 1 aromatic heterocycles. The van der Waals surface area contributed by atoms with Crippen LogP contribution in [0, 0.1) is 6.92 Å². The van der Waals surface area contributed by atoms with E-state index in [0.29, 0.717) is 18.7 Å². The molecule has 124 valence electrons. The normalized spacial score (nSPS) is 16.9. The van der Waals surface area contributed by atoms with E-state index in [1.165, 1.54) is 6.92 Å². The van der Waals surface area contributed by atoms with Crippen molar-refractivity contribution in [2.24, 2.45) is 0 Å². The summed E-state index contributed by atoms with van der Waals surface area (Å²) in [6.45, 7) is 4.69. The van der Waals surface area contributed by atoms with Crippen LogP contribution in [-0.4, -0.2) is 40.8 Å². The minimum Gasteiger partial charge on any atom is -0.352 e. The molecule has 1 atom stereocenters. The van der Waals surface area contributed by atoms with E-state index < -0.39 is 0 Å². The Bertz CT molecular complexity index is 773. The highest BCUT2D eigenvalue weighted by atomic mass is 16.2. The third-order valence-corrected chi connectivity index (χ3v) is 4.22. The maximum Gasteiger partial charge on any atom is 0.253 e. The van der Waals surface area contributed by atoms with E-state index in [-0.39, 0.29) is 17.9 Å². The number of nitrogens with one attached hydrogen (secondary N) is 1. The minimum atomic E-state index is -0.0515. The highest BCUT2D eigenvalue weighted by molar-refractivity contribution is 5.95. The molecule has 0 radical (unpaired) electrons. The second-order valence-corrected chi connectivity index (χ2v) is 6.20. The van der Waals surface area contributed by atoms with Gasteiger partial charge in [0.1, 0.15) is 0 Å². The molecule has 1 aromatic carbocycles. The van der Waals surface area contributed by atoms with Gasteiger partial charge in [-0.3, -0.25) is 14.6 Å². The van der Waals surface area contributed by atoms with Crippen LogP contribution in [0.5, 0.6) is 0 Å². The number of aryl methyl sites for hydroxylation is 1. The fourth-order valence-corrected chi connectivity index (χ4v) is 3.09. The molecule has 0 aliphatic carbocycles. The zero-order valence-electron chi connectivity index (χ0n) is 14.0. The molecular weight excluding hydrogens is 302 g/mol. The molecule has 5 nitrogen and oxygen atoms in total. The highest BCUT2D eigenvalue weighted by Crippen LogP contribution is 2.22. The fraction of sp³-hybridized carbons (Fsp3) is 0.316. The van der Waals surface area contributed by atoms with E-state index in [1.54, 1.807) is 11.1 Å². The Kier molecular flexibility index (Phi) is 4.60. The Morgan fingerprint density at radius 2 is 2.00 bits per heavy atom. The van der Waals surface area contributed by atoms with Crippen molar-refractivity contribution in [1.29, 1.82) is 0 Å². The highest BCUT2D eigenvalue weighted by Gasteiger charge is 2.27. The van der Waals surface area contributed by atoms with Crippen molar-refractivity contribution in [3.05, 3.63) is 53.9 Å². The maximum atomic E-state index is 12.7. The Balaban J connectivity index is 1.77. The molecule has 1 fully saturated rings. The zero-order valence-corrected chi connectivity index (χ0v) is 14.0. The lowest BCUT2D eigenvalue weighted by atomic mass is 10.0. The molecule has 1 aliphatic heterocycles. The van der Waals surface area contributed by atoms with Crippen molar-refractivity contribution in [2.45, 2.75) is 26.3 Å². The standard InChI is InChI=1S/C19H21N3O2/c1-13-10-16(6-8-20-13)15-4-3-5-17(11-15)19(24)22-9-7-18(12-22)21-14(2)23/h3-6,8,10-11,18H,7,9,12H2,1-2H3,(H,21,23)/t18-/m0/s1. The van der Waals surface area contributed by atoms with Crippen LogP contribution in [0.1, 0.15) is 29.4 Å². The summed E-state index contributed by atoms with van der Waals surface area (Å²) in [4.78, 5) is 29.9. The van der Waals surface area contributed by atoms with Crippen LogP contribution in [0.2, 0.25) is 0 Å². The summed E-state index contributed by atoms with van der Waals surface area (Å²) < 4.78 is 0. The van der Waals surface area contributed by atoms with Gasteiger partial charge in [-0.1, -0.05) is 12.1 Å². The van der Waals surface area contributed by atoms with Crippen LogP contribution in [0.25, 0.3) is 11.1 Å². The number of amides is 2. The van der Waals surface area contributed by atoms with Gasteiger partial charge in [0.05, 0.1) is 0 Å². The lowest BCUT2D eigenvalue weighted by Crippen LogP contribution is -2.37. The van der Waals surface area contributed by atoms with Crippen molar-refractivity contribution >= 4 is 11.8 Å². The largest absolute Gasteiger partial charge is 0.352 e. The summed E-state index contributed by atoms with van der Waals surface area (Å²) in [5.41, 5.74) is 3.67. The molecule has 24 heavy (non-hydrogen) atoms. The average Bonchev–Trinajstić information content (AvgIpc) is 3.02. The van der Waals surface area contributed by atoms with Crippen LogP contribution < -0.4 is 5.32 Å². The molecule has 2 aromatic rings. The number of likely N-dealkylation sites (tertiary alicyclic amines) is 1. The maximum absolute atomic E-state index is 12.7. The first-order valence-electron chi connectivity index (χ1n) is 8.12. The van der Waals surface area contributed by atoms with Gasteiger partial charge in [0, 0.05) is 43.5 Å². The second-order valence-electron chi connectivity index (χ2n) is 6.20. The molecule has 0 bridgehead atoms. The summed E-state index contributed by atoms with van der Waals surface area (Å²) in [5.74, 6) is -0.0418. The lowest BCUT2D eigenvalue weighted by Gasteiger charge is -2.17. The Morgan fingerprint density at radius 1 is 1.21 bits per heavy atom. The fourth-order valence-electron chi connectivity index (χ4n) is 3.09. The third-order valence-electron chi connectivity index (χ3n) is 4.22. The van der Waals surface area contributed by atoms with Gasteiger partial charge in [0.2, 0.25) is 5.91 Å². The monoisotopic (exact) mass is 323 g/mol. The van der Waals surface area contributed by atoms with E-state index in [9.17, 15) is 9.59 Å². The first kappa shape index (κ1) is 16.2. The smallest absolute Gasteiger partial charge is 0.253 e. The average molecular weight is 323 g/mol. The Labute approximate surface area is 141 Å². The summed E-state index contributed by atoms with van der Waals surface area (Å²) in [6.07, 6.45) is 2.58. The number of carbonyl (C=O) groups is 2. The van der Waals surface area contributed by atoms with Gasteiger partial charge in [-0.2, -0.15) is 0 Å². The first-order valence-corrected chi connectivity index (χ1v) is 8.12. The summed E-state index contributed by atoms with van der Waals surface area (Å²) >= 11 is 0. The number of aromatic nitrogens is 1. The molecular formula is C19H21N3O2. The molecule has 5 heteroatoms. The summed E-state index contributed by atoms with van der Waals surface area (Å²) in [7, 11) is 0. The topological polar surface area (TPSA) is 62.3 Å². The van der Waals surface area contributed by atoms with Gasteiger partial charge in [0.15, 0.2) is 0 Å². The van der Waals surface area contributed by atoms with Gasteiger partial charge in [-0.05, 0) is 48.7 Å². The minimum absolute atomic E-state index is 0.00970. The van der Waals surface area contributed by atoms with Crippen molar-refractivity contribution in [2.75, 3.05) is 13.1 Å². The molecule has 1 saturated heterocycles. The molecule has 0 unspecified atom stereocenters. The van der Waals surface area contributed by atoms with Crippen LogP contribution >= 0.6 is 0 Å². The molecule has 2 amide bonds. The quantitative estimate of drug-likeness (QED) is 0.943.